The minimum absolute atomic E-state index is 0.226. The van der Waals surface area contributed by atoms with Crippen molar-refractivity contribution in [1.82, 2.24) is 14.9 Å². The fraction of sp³-hybridized carbons (Fsp3) is 0.240. The Balaban J connectivity index is 1.36. The minimum Gasteiger partial charge on any atom is -0.409 e. The van der Waals surface area contributed by atoms with E-state index in [9.17, 15) is 4.79 Å². The second-order valence-corrected chi connectivity index (χ2v) is 7.80. The van der Waals surface area contributed by atoms with Gasteiger partial charge in [-0.05, 0) is 53.6 Å². The summed E-state index contributed by atoms with van der Waals surface area (Å²) in [5.74, 6) is 1.12. The number of hydrogen-bond acceptors (Lipinski definition) is 4. The number of pyridine rings is 2. The van der Waals surface area contributed by atoms with Crippen LogP contribution in [-0.4, -0.2) is 34.1 Å². The molecule has 2 aromatic heterocycles. The van der Waals surface area contributed by atoms with E-state index in [4.69, 9.17) is 9.72 Å². The molecule has 1 amide bonds. The summed E-state index contributed by atoms with van der Waals surface area (Å²) in [5, 5.41) is 0. The molecule has 0 bridgehead atoms. The number of nitrogens with zero attached hydrogens (tertiary/aromatic N) is 3. The first-order valence-electron chi connectivity index (χ1n) is 10.4. The normalized spacial score (nSPS) is 18.3. The molecule has 30 heavy (non-hydrogen) atoms. The second-order valence-electron chi connectivity index (χ2n) is 7.80. The van der Waals surface area contributed by atoms with E-state index in [0.29, 0.717) is 24.8 Å². The van der Waals surface area contributed by atoms with Crippen molar-refractivity contribution in [3.8, 4) is 5.75 Å². The van der Waals surface area contributed by atoms with Crippen LogP contribution in [0.2, 0.25) is 0 Å². The van der Waals surface area contributed by atoms with Gasteiger partial charge in [0, 0.05) is 31.4 Å². The van der Waals surface area contributed by atoms with Crippen molar-refractivity contribution >= 4 is 18.2 Å². The number of carbonyl (C=O) groups excluding carboxylic acids is 1. The molecule has 1 atom stereocenters. The van der Waals surface area contributed by atoms with Gasteiger partial charge in [-0.3, -0.25) is 9.97 Å². The Labute approximate surface area is 176 Å². The van der Waals surface area contributed by atoms with Crippen molar-refractivity contribution in [1.29, 1.82) is 0 Å². The fourth-order valence-corrected chi connectivity index (χ4v) is 4.57. The van der Waals surface area contributed by atoms with E-state index in [-0.39, 0.29) is 12.0 Å². The van der Waals surface area contributed by atoms with Gasteiger partial charge in [0.15, 0.2) is 5.75 Å². The molecule has 0 radical (unpaired) electrons. The average molecular weight is 397 g/mol. The predicted molar refractivity (Wildman–Crippen MR) is 116 cm³/mol. The maximum absolute atomic E-state index is 12.6. The summed E-state index contributed by atoms with van der Waals surface area (Å²) in [7, 11) is 0. The van der Waals surface area contributed by atoms with Gasteiger partial charge in [0.25, 0.3) is 0 Å². The van der Waals surface area contributed by atoms with Crippen LogP contribution in [0.15, 0.2) is 67.1 Å². The van der Waals surface area contributed by atoms with Gasteiger partial charge in [0.05, 0.1) is 11.9 Å². The molecule has 5 heteroatoms. The van der Waals surface area contributed by atoms with E-state index < -0.39 is 0 Å². The average Bonchev–Trinajstić information content (AvgIpc) is 2.97. The van der Waals surface area contributed by atoms with Crippen LogP contribution >= 0.6 is 0 Å². The van der Waals surface area contributed by atoms with Crippen LogP contribution in [-0.2, 0) is 0 Å². The van der Waals surface area contributed by atoms with Gasteiger partial charge in [0.2, 0.25) is 0 Å². The van der Waals surface area contributed by atoms with E-state index in [1.54, 1.807) is 29.4 Å². The molecule has 1 unspecified atom stereocenters. The number of likely N-dealkylation sites (tertiary alicyclic amines) is 1. The van der Waals surface area contributed by atoms with Gasteiger partial charge in [-0.2, -0.15) is 0 Å². The van der Waals surface area contributed by atoms with Gasteiger partial charge >= 0.3 is 6.09 Å². The summed E-state index contributed by atoms with van der Waals surface area (Å²) in [6, 6.07) is 16.2. The van der Waals surface area contributed by atoms with Gasteiger partial charge in [-0.15, -0.1) is 0 Å². The summed E-state index contributed by atoms with van der Waals surface area (Å²) >= 11 is 0. The number of piperidine rings is 1. The standard InChI is InChI=1S/C25H23N3O2/c29-25(30-21-7-4-13-26-17-21)28-15-11-19(12-16-28)23-22-8-2-1-5-18(22)9-10-20-6-3-14-27-24(20)23/h1-10,13-14,17,19,23H,11-12,15-16H2. The SMILES string of the molecule is O=C(Oc1cccnc1)N1CCC(C2c3ccccc3C=Cc3cccnc32)CC1. The number of benzene rings is 1. The van der Waals surface area contributed by atoms with Crippen molar-refractivity contribution in [2.75, 3.05) is 13.1 Å². The molecule has 1 aliphatic carbocycles. The third kappa shape index (κ3) is 3.59. The molecule has 0 N–H and O–H groups in total. The molecule has 0 saturated carbocycles. The Morgan fingerprint density at radius 1 is 0.933 bits per heavy atom. The zero-order chi connectivity index (χ0) is 20.3. The monoisotopic (exact) mass is 397 g/mol. The highest BCUT2D eigenvalue weighted by Crippen LogP contribution is 2.42. The van der Waals surface area contributed by atoms with Crippen LogP contribution in [0.25, 0.3) is 12.2 Å². The van der Waals surface area contributed by atoms with Crippen LogP contribution in [0.3, 0.4) is 0 Å². The highest BCUT2D eigenvalue weighted by molar-refractivity contribution is 5.76. The van der Waals surface area contributed by atoms with Crippen LogP contribution < -0.4 is 4.74 Å². The Morgan fingerprint density at radius 3 is 2.53 bits per heavy atom. The molecular weight excluding hydrogens is 374 g/mol. The summed E-state index contributed by atoms with van der Waals surface area (Å²) in [4.78, 5) is 23.1. The molecule has 2 aliphatic rings. The van der Waals surface area contributed by atoms with Gasteiger partial charge in [0.1, 0.15) is 0 Å². The maximum atomic E-state index is 12.6. The Morgan fingerprint density at radius 2 is 1.70 bits per heavy atom. The smallest absolute Gasteiger partial charge is 0.409 e. The third-order valence-corrected chi connectivity index (χ3v) is 6.05. The summed E-state index contributed by atoms with van der Waals surface area (Å²) in [5.41, 5.74) is 4.88. The van der Waals surface area contributed by atoms with E-state index in [1.807, 2.05) is 12.3 Å². The molecule has 3 aromatic rings. The summed E-state index contributed by atoms with van der Waals surface area (Å²) < 4.78 is 5.47. The lowest BCUT2D eigenvalue weighted by Gasteiger charge is -2.36. The maximum Gasteiger partial charge on any atom is 0.415 e. The first kappa shape index (κ1) is 18.6. The summed E-state index contributed by atoms with van der Waals surface area (Å²) in [6.45, 7) is 1.36. The molecule has 1 aliphatic heterocycles. The van der Waals surface area contributed by atoms with Crippen molar-refractivity contribution < 1.29 is 9.53 Å². The molecule has 150 valence electrons. The third-order valence-electron chi connectivity index (χ3n) is 6.05. The molecule has 1 saturated heterocycles. The molecular formula is C25H23N3O2. The first-order valence-corrected chi connectivity index (χ1v) is 10.4. The van der Waals surface area contributed by atoms with Gasteiger partial charge in [-0.25, -0.2) is 4.79 Å². The Bertz CT molecular complexity index is 1020. The molecule has 3 heterocycles. The van der Waals surface area contributed by atoms with E-state index in [1.165, 1.54) is 16.7 Å². The molecule has 1 fully saturated rings. The van der Waals surface area contributed by atoms with E-state index in [2.05, 4.69) is 47.5 Å². The van der Waals surface area contributed by atoms with Gasteiger partial charge < -0.3 is 9.64 Å². The number of carbonyl (C=O) groups is 1. The number of fused-ring (bicyclic) bond motifs is 2. The number of amides is 1. The van der Waals surface area contributed by atoms with Crippen LogP contribution in [0, 0.1) is 5.92 Å². The van der Waals surface area contributed by atoms with Crippen LogP contribution in [0.4, 0.5) is 4.79 Å². The van der Waals surface area contributed by atoms with Crippen LogP contribution in [0.5, 0.6) is 5.75 Å². The zero-order valence-corrected chi connectivity index (χ0v) is 16.6. The number of ether oxygens (including phenoxy) is 1. The highest BCUT2D eigenvalue weighted by atomic mass is 16.6. The second kappa shape index (κ2) is 8.11. The quantitative estimate of drug-likeness (QED) is 0.610. The Kier molecular flexibility index (Phi) is 5.01. The number of rotatable bonds is 2. The highest BCUT2D eigenvalue weighted by Gasteiger charge is 2.34. The summed E-state index contributed by atoms with van der Waals surface area (Å²) in [6.07, 6.45) is 11.0. The van der Waals surface area contributed by atoms with Crippen molar-refractivity contribution in [2.45, 2.75) is 18.8 Å². The zero-order valence-electron chi connectivity index (χ0n) is 16.6. The number of aromatic nitrogens is 2. The lowest BCUT2D eigenvalue weighted by Crippen LogP contribution is -2.41. The van der Waals surface area contributed by atoms with E-state index >= 15 is 0 Å². The van der Waals surface area contributed by atoms with Gasteiger partial charge in [-0.1, -0.05) is 42.5 Å². The first-order chi connectivity index (χ1) is 14.8. The molecule has 1 aromatic carbocycles. The minimum atomic E-state index is -0.303. The number of hydrogen-bond donors (Lipinski definition) is 0. The lowest BCUT2D eigenvalue weighted by molar-refractivity contribution is 0.128. The fourth-order valence-electron chi connectivity index (χ4n) is 4.57. The lowest BCUT2D eigenvalue weighted by atomic mass is 9.76. The van der Waals surface area contributed by atoms with Crippen molar-refractivity contribution in [3.05, 3.63) is 89.5 Å². The topological polar surface area (TPSA) is 55.3 Å². The van der Waals surface area contributed by atoms with E-state index in [0.717, 1.165) is 18.5 Å². The molecule has 0 spiro atoms. The van der Waals surface area contributed by atoms with Crippen molar-refractivity contribution in [3.63, 3.8) is 0 Å². The molecule has 5 nitrogen and oxygen atoms in total. The van der Waals surface area contributed by atoms with Crippen molar-refractivity contribution in [2.24, 2.45) is 5.92 Å². The predicted octanol–water partition coefficient (Wildman–Crippen LogP) is 5.00. The Hall–Kier alpha value is -3.47. The molecule has 5 rings (SSSR count). The largest absolute Gasteiger partial charge is 0.415 e. The van der Waals surface area contributed by atoms with Crippen LogP contribution in [0.1, 0.15) is 41.1 Å².